The van der Waals surface area contributed by atoms with E-state index < -0.39 is 0 Å². The third-order valence-corrected chi connectivity index (χ3v) is 5.24. The van der Waals surface area contributed by atoms with Gasteiger partial charge in [-0.25, -0.2) is 0 Å². The molecule has 0 radical (unpaired) electrons. The Bertz CT molecular complexity index is 1180. The summed E-state index contributed by atoms with van der Waals surface area (Å²) in [6, 6.07) is 18.4. The number of hydrogen-bond donors (Lipinski definition) is 1. The van der Waals surface area contributed by atoms with Crippen LogP contribution in [-0.4, -0.2) is 45.7 Å². The minimum absolute atomic E-state index is 0.148. The molecule has 0 saturated carbocycles. The molecule has 0 aliphatic carbocycles. The Morgan fingerprint density at radius 2 is 1.80 bits per heavy atom. The zero-order valence-electron chi connectivity index (χ0n) is 16.4. The quantitative estimate of drug-likeness (QED) is 0.457. The van der Waals surface area contributed by atoms with E-state index in [9.17, 15) is 4.79 Å². The van der Waals surface area contributed by atoms with Gasteiger partial charge in [-0.3, -0.25) is 4.79 Å². The topological polar surface area (TPSA) is 90.6 Å². The van der Waals surface area contributed by atoms with Gasteiger partial charge < -0.3 is 14.8 Å². The number of anilines is 1. The molecule has 0 atom stereocenters. The first-order valence-electron chi connectivity index (χ1n) is 9.10. The van der Waals surface area contributed by atoms with Crippen LogP contribution in [0.3, 0.4) is 0 Å². The first kappa shape index (κ1) is 19.7. The Labute approximate surface area is 177 Å². The fraction of sp³-hybridized carbons (Fsp3) is 0.143. The lowest BCUT2D eigenvalue weighted by atomic mass is 10.2. The molecule has 2 aromatic carbocycles. The van der Waals surface area contributed by atoms with Crippen molar-refractivity contribution < 1.29 is 14.3 Å². The Morgan fingerprint density at radius 1 is 1.00 bits per heavy atom. The van der Waals surface area contributed by atoms with Crippen molar-refractivity contribution in [1.82, 2.24) is 19.8 Å². The molecule has 4 aromatic rings. The van der Waals surface area contributed by atoms with Gasteiger partial charge in [0.25, 0.3) is 0 Å². The van der Waals surface area contributed by atoms with Gasteiger partial charge in [-0.1, -0.05) is 23.9 Å². The van der Waals surface area contributed by atoms with E-state index in [1.54, 1.807) is 30.9 Å². The summed E-state index contributed by atoms with van der Waals surface area (Å²) < 4.78 is 12.1. The number of methoxy groups -OCH3 is 2. The van der Waals surface area contributed by atoms with Crippen molar-refractivity contribution in [2.75, 3.05) is 25.3 Å². The van der Waals surface area contributed by atoms with Crippen LogP contribution in [0.1, 0.15) is 0 Å². The molecule has 0 fully saturated rings. The van der Waals surface area contributed by atoms with Gasteiger partial charge in [0.2, 0.25) is 5.91 Å². The highest BCUT2D eigenvalue weighted by Gasteiger charge is 2.12. The Hall–Kier alpha value is -3.59. The second-order valence-electron chi connectivity index (χ2n) is 6.23. The number of carbonyl (C=O) groups is 1. The van der Waals surface area contributed by atoms with Crippen LogP contribution in [0, 0.1) is 0 Å². The molecule has 0 bridgehead atoms. The van der Waals surface area contributed by atoms with Crippen LogP contribution >= 0.6 is 11.8 Å². The van der Waals surface area contributed by atoms with E-state index in [1.807, 2.05) is 48.5 Å². The molecule has 9 heteroatoms. The van der Waals surface area contributed by atoms with Gasteiger partial charge in [0, 0.05) is 5.56 Å². The van der Waals surface area contributed by atoms with Gasteiger partial charge in [0.1, 0.15) is 16.5 Å². The Kier molecular flexibility index (Phi) is 5.80. The maximum Gasteiger partial charge on any atom is 0.234 e. The SMILES string of the molecule is COc1ccc(-c2nnc3ccc(SCC(=O)Nc4ccccc4OC)nn23)cc1. The molecular weight excluding hydrogens is 402 g/mol. The lowest BCUT2D eigenvalue weighted by Crippen LogP contribution is -2.14. The number of benzene rings is 2. The van der Waals surface area contributed by atoms with Crippen LogP contribution in [0.25, 0.3) is 17.0 Å². The Balaban J connectivity index is 1.48. The van der Waals surface area contributed by atoms with Crippen molar-refractivity contribution in [3.8, 4) is 22.9 Å². The molecule has 0 unspecified atom stereocenters. The first-order chi connectivity index (χ1) is 14.7. The number of nitrogens with one attached hydrogen (secondary N) is 1. The predicted molar refractivity (Wildman–Crippen MR) is 115 cm³/mol. The second kappa shape index (κ2) is 8.83. The molecule has 152 valence electrons. The van der Waals surface area contributed by atoms with E-state index >= 15 is 0 Å². The maximum absolute atomic E-state index is 12.4. The summed E-state index contributed by atoms with van der Waals surface area (Å²) in [5.74, 6) is 2.05. The van der Waals surface area contributed by atoms with Gasteiger partial charge in [-0.05, 0) is 48.5 Å². The number of para-hydroxylation sites is 2. The van der Waals surface area contributed by atoms with Crippen molar-refractivity contribution in [1.29, 1.82) is 0 Å². The van der Waals surface area contributed by atoms with Crippen molar-refractivity contribution in [3.05, 3.63) is 60.7 Å². The monoisotopic (exact) mass is 421 g/mol. The highest BCUT2D eigenvalue weighted by atomic mass is 32.2. The zero-order valence-corrected chi connectivity index (χ0v) is 17.2. The first-order valence-corrected chi connectivity index (χ1v) is 10.1. The lowest BCUT2D eigenvalue weighted by Gasteiger charge is -2.09. The van der Waals surface area contributed by atoms with Gasteiger partial charge >= 0.3 is 0 Å². The number of ether oxygens (including phenoxy) is 2. The molecule has 0 aliphatic heterocycles. The van der Waals surface area contributed by atoms with E-state index in [1.165, 1.54) is 11.8 Å². The van der Waals surface area contributed by atoms with Crippen molar-refractivity contribution >= 4 is 29.0 Å². The highest BCUT2D eigenvalue weighted by Crippen LogP contribution is 2.25. The third kappa shape index (κ3) is 4.20. The average Bonchev–Trinajstić information content (AvgIpc) is 3.21. The lowest BCUT2D eigenvalue weighted by molar-refractivity contribution is -0.113. The van der Waals surface area contributed by atoms with E-state index in [0.717, 1.165) is 11.3 Å². The van der Waals surface area contributed by atoms with Crippen LogP contribution in [0.2, 0.25) is 0 Å². The normalized spacial score (nSPS) is 10.7. The summed E-state index contributed by atoms with van der Waals surface area (Å²) in [6.07, 6.45) is 0. The molecule has 2 aromatic heterocycles. The fourth-order valence-electron chi connectivity index (χ4n) is 2.84. The fourth-order valence-corrected chi connectivity index (χ4v) is 3.50. The van der Waals surface area contributed by atoms with Crippen LogP contribution in [0.5, 0.6) is 11.5 Å². The highest BCUT2D eigenvalue weighted by molar-refractivity contribution is 7.99. The van der Waals surface area contributed by atoms with Gasteiger partial charge in [-0.15, -0.1) is 10.2 Å². The number of amides is 1. The standard InChI is InChI=1S/C21H19N5O3S/c1-28-15-9-7-14(8-10-15)21-24-23-18-11-12-20(25-26(18)21)30-13-19(27)22-16-5-3-4-6-17(16)29-2/h3-12H,13H2,1-2H3,(H,22,27). The Morgan fingerprint density at radius 3 is 2.57 bits per heavy atom. The number of thioether (sulfide) groups is 1. The van der Waals surface area contributed by atoms with Crippen LogP contribution in [-0.2, 0) is 4.79 Å². The van der Waals surface area contributed by atoms with Crippen LogP contribution < -0.4 is 14.8 Å². The summed E-state index contributed by atoms with van der Waals surface area (Å²) in [4.78, 5) is 12.4. The van der Waals surface area contributed by atoms with Gasteiger partial charge in [0.15, 0.2) is 11.5 Å². The average molecular weight is 421 g/mol. The predicted octanol–water partition coefficient (Wildman–Crippen LogP) is 3.54. The second-order valence-corrected chi connectivity index (χ2v) is 7.23. The van der Waals surface area contributed by atoms with Crippen molar-refractivity contribution in [2.24, 2.45) is 0 Å². The molecule has 0 saturated heterocycles. The van der Waals surface area contributed by atoms with Crippen molar-refractivity contribution in [2.45, 2.75) is 5.03 Å². The van der Waals surface area contributed by atoms with E-state index in [2.05, 4.69) is 20.6 Å². The van der Waals surface area contributed by atoms with Crippen LogP contribution in [0.4, 0.5) is 5.69 Å². The summed E-state index contributed by atoms with van der Waals surface area (Å²) in [6.45, 7) is 0. The molecule has 2 heterocycles. The molecule has 30 heavy (non-hydrogen) atoms. The van der Waals surface area contributed by atoms with E-state index in [0.29, 0.717) is 27.9 Å². The van der Waals surface area contributed by atoms with E-state index in [-0.39, 0.29) is 11.7 Å². The molecular formula is C21H19N5O3S. The summed E-state index contributed by atoms with van der Waals surface area (Å²) in [7, 11) is 3.19. The van der Waals surface area contributed by atoms with Crippen molar-refractivity contribution in [3.63, 3.8) is 0 Å². The summed E-state index contributed by atoms with van der Waals surface area (Å²) in [5, 5.41) is 16.5. The minimum atomic E-state index is -0.148. The van der Waals surface area contributed by atoms with Gasteiger partial charge in [-0.2, -0.15) is 9.61 Å². The smallest absolute Gasteiger partial charge is 0.234 e. The van der Waals surface area contributed by atoms with E-state index in [4.69, 9.17) is 9.47 Å². The zero-order chi connectivity index (χ0) is 20.9. The molecule has 1 amide bonds. The number of aromatic nitrogens is 4. The molecule has 8 nitrogen and oxygen atoms in total. The molecule has 1 N–H and O–H groups in total. The summed E-state index contributed by atoms with van der Waals surface area (Å²) >= 11 is 1.33. The van der Waals surface area contributed by atoms with Crippen LogP contribution in [0.15, 0.2) is 65.7 Å². The number of fused-ring (bicyclic) bond motifs is 1. The molecule has 4 rings (SSSR count). The summed E-state index contributed by atoms with van der Waals surface area (Å²) in [5.41, 5.74) is 2.13. The molecule has 0 spiro atoms. The number of carbonyl (C=O) groups excluding carboxylic acids is 1. The number of rotatable bonds is 7. The largest absolute Gasteiger partial charge is 0.497 e. The third-order valence-electron chi connectivity index (χ3n) is 4.32. The maximum atomic E-state index is 12.4. The molecule has 0 aliphatic rings. The minimum Gasteiger partial charge on any atom is -0.497 e. The number of hydrogen-bond acceptors (Lipinski definition) is 7. The van der Waals surface area contributed by atoms with Gasteiger partial charge in [0.05, 0.1) is 25.7 Å². The number of nitrogens with zero attached hydrogens (tertiary/aromatic N) is 4.